The van der Waals surface area contributed by atoms with Gasteiger partial charge in [-0.1, -0.05) is 12.1 Å². The highest BCUT2D eigenvalue weighted by atomic mass is 19.2. The monoisotopic (exact) mass is 285 g/mol. The Bertz CT molecular complexity index is 505. The second kappa shape index (κ2) is 6.98. The number of rotatable bonds is 6. The van der Waals surface area contributed by atoms with Crippen molar-refractivity contribution in [3.63, 3.8) is 0 Å². The Morgan fingerprint density at radius 3 is 2.55 bits per heavy atom. The average Bonchev–Trinajstić information content (AvgIpc) is 2.35. The van der Waals surface area contributed by atoms with Crippen molar-refractivity contribution in [3.05, 3.63) is 35.4 Å². The summed E-state index contributed by atoms with van der Waals surface area (Å²) in [6, 6.07) is 3.15. The first-order chi connectivity index (χ1) is 9.36. The number of nitrogens with zero attached hydrogens (tertiary/aromatic N) is 1. The SMILES string of the molecule is CCN(C(=O)Cc1cccc(F)c1F)C(C)CC(=O)O. The van der Waals surface area contributed by atoms with Crippen LogP contribution < -0.4 is 0 Å². The molecule has 1 atom stereocenters. The molecular weight excluding hydrogens is 268 g/mol. The van der Waals surface area contributed by atoms with Crippen LogP contribution in [-0.4, -0.2) is 34.5 Å². The van der Waals surface area contributed by atoms with Crippen LogP contribution in [-0.2, 0) is 16.0 Å². The van der Waals surface area contributed by atoms with E-state index < -0.39 is 29.6 Å². The summed E-state index contributed by atoms with van der Waals surface area (Å²) < 4.78 is 26.6. The van der Waals surface area contributed by atoms with Crippen LogP contribution in [0.1, 0.15) is 25.8 Å². The standard InChI is InChI=1S/C14H17F2NO3/c1-3-17(9(2)7-13(19)20)12(18)8-10-5-4-6-11(15)14(10)16/h4-6,9H,3,7-8H2,1-2H3,(H,19,20). The van der Waals surface area contributed by atoms with Gasteiger partial charge in [0.25, 0.3) is 0 Å². The quantitative estimate of drug-likeness (QED) is 0.872. The predicted molar refractivity (Wildman–Crippen MR) is 69.2 cm³/mol. The average molecular weight is 285 g/mol. The van der Waals surface area contributed by atoms with Crippen molar-refractivity contribution in [2.75, 3.05) is 6.54 Å². The number of carboxylic acids is 1. The van der Waals surface area contributed by atoms with Crippen molar-refractivity contribution in [2.45, 2.75) is 32.7 Å². The highest BCUT2D eigenvalue weighted by Crippen LogP contribution is 2.14. The van der Waals surface area contributed by atoms with Crippen molar-refractivity contribution >= 4 is 11.9 Å². The van der Waals surface area contributed by atoms with Gasteiger partial charge in [-0.25, -0.2) is 8.78 Å². The zero-order chi connectivity index (χ0) is 15.3. The molecule has 0 spiro atoms. The predicted octanol–water partition coefficient (Wildman–Crippen LogP) is 2.22. The van der Waals surface area contributed by atoms with Gasteiger partial charge in [-0.05, 0) is 19.9 Å². The largest absolute Gasteiger partial charge is 0.481 e. The van der Waals surface area contributed by atoms with Crippen LogP contribution >= 0.6 is 0 Å². The number of halogens is 2. The van der Waals surface area contributed by atoms with Crippen molar-refractivity contribution in [2.24, 2.45) is 0 Å². The number of benzene rings is 1. The van der Waals surface area contributed by atoms with E-state index in [1.54, 1.807) is 13.8 Å². The van der Waals surface area contributed by atoms with Gasteiger partial charge in [-0.15, -0.1) is 0 Å². The first kappa shape index (κ1) is 16.1. The fourth-order valence-corrected chi connectivity index (χ4v) is 2.05. The summed E-state index contributed by atoms with van der Waals surface area (Å²) in [5, 5.41) is 8.73. The van der Waals surface area contributed by atoms with Gasteiger partial charge in [0.2, 0.25) is 5.91 Å². The number of aliphatic carboxylic acids is 1. The number of hydrogen-bond donors (Lipinski definition) is 1. The molecule has 1 unspecified atom stereocenters. The van der Waals surface area contributed by atoms with E-state index in [0.29, 0.717) is 6.54 Å². The summed E-state index contributed by atoms with van der Waals surface area (Å²) in [7, 11) is 0. The smallest absolute Gasteiger partial charge is 0.305 e. The molecule has 110 valence electrons. The molecule has 1 aromatic rings. The Hall–Kier alpha value is -1.98. The van der Waals surface area contributed by atoms with Crippen molar-refractivity contribution in [3.8, 4) is 0 Å². The summed E-state index contributed by atoms with van der Waals surface area (Å²) >= 11 is 0. The maximum absolute atomic E-state index is 13.5. The molecule has 0 aromatic heterocycles. The van der Waals surface area contributed by atoms with Gasteiger partial charge in [0.05, 0.1) is 12.8 Å². The molecule has 1 amide bonds. The molecular formula is C14H17F2NO3. The molecule has 1 rings (SSSR count). The summed E-state index contributed by atoms with van der Waals surface area (Å²) in [5.41, 5.74) is -0.0315. The van der Waals surface area contributed by atoms with E-state index in [-0.39, 0.29) is 18.4 Å². The molecule has 1 aromatic carbocycles. The minimum atomic E-state index is -1.04. The van der Waals surface area contributed by atoms with Crippen LogP contribution in [0.3, 0.4) is 0 Å². The number of carboxylic acid groups (broad SMARTS) is 1. The maximum atomic E-state index is 13.5. The minimum absolute atomic E-state index is 0.0315. The van der Waals surface area contributed by atoms with E-state index in [4.69, 9.17) is 5.11 Å². The molecule has 1 N–H and O–H groups in total. The molecule has 0 bridgehead atoms. The Labute approximate surface area is 116 Å². The van der Waals surface area contributed by atoms with Gasteiger partial charge in [-0.2, -0.15) is 0 Å². The highest BCUT2D eigenvalue weighted by Gasteiger charge is 2.22. The maximum Gasteiger partial charge on any atom is 0.305 e. The van der Waals surface area contributed by atoms with Crippen LogP contribution in [0.25, 0.3) is 0 Å². The second-order valence-electron chi connectivity index (χ2n) is 4.52. The fraction of sp³-hybridized carbons (Fsp3) is 0.429. The Balaban J connectivity index is 2.82. The summed E-state index contributed by atoms with van der Waals surface area (Å²) in [5.74, 6) is -3.48. The number of amides is 1. The molecule has 20 heavy (non-hydrogen) atoms. The number of likely N-dealkylation sites (N-methyl/N-ethyl adjacent to an activating group) is 1. The third-order valence-corrected chi connectivity index (χ3v) is 3.04. The van der Waals surface area contributed by atoms with Crippen LogP contribution in [0.2, 0.25) is 0 Å². The van der Waals surface area contributed by atoms with Crippen LogP contribution in [0.4, 0.5) is 8.78 Å². The van der Waals surface area contributed by atoms with Crippen LogP contribution in [0.15, 0.2) is 18.2 Å². The molecule has 0 aliphatic heterocycles. The van der Waals surface area contributed by atoms with Gasteiger partial charge < -0.3 is 10.0 Å². The number of carbonyl (C=O) groups is 2. The van der Waals surface area contributed by atoms with Crippen molar-refractivity contribution < 1.29 is 23.5 Å². The van der Waals surface area contributed by atoms with Gasteiger partial charge in [0.1, 0.15) is 0 Å². The van der Waals surface area contributed by atoms with Crippen molar-refractivity contribution in [1.29, 1.82) is 0 Å². The lowest BCUT2D eigenvalue weighted by molar-refractivity contribution is -0.140. The summed E-state index contributed by atoms with van der Waals surface area (Å²) in [4.78, 5) is 24.1. The lowest BCUT2D eigenvalue weighted by Crippen LogP contribution is -2.40. The lowest BCUT2D eigenvalue weighted by Gasteiger charge is -2.27. The third kappa shape index (κ3) is 4.01. The first-order valence-electron chi connectivity index (χ1n) is 6.31. The van der Waals surface area contributed by atoms with Gasteiger partial charge >= 0.3 is 5.97 Å². The normalized spacial score (nSPS) is 12.0. The molecule has 0 aliphatic carbocycles. The molecule has 6 heteroatoms. The number of hydrogen-bond acceptors (Lipinski definition) is 2. The Kier molecular flexibility index (Phi) is 5.61. The number of carbonyl (C=O) groups excluding carboxylic acids is 1. The fourth-order valence-electron chi connectivity index (χ4n) is 2.05. The van der Waals surface area contributed by atoms with E-state index in [1.807, 2.05) is 0 Å². The second-order valence-corrected chi connectivity index (χ2v) is 4.52. The van der Waals surface area contributed by atoms with Gasteiger partial charge in [0.15, 0.2) is 11.6 Å². The van der Waals surface area contributed by atoms with Gasteiger partial charge in [-0.3, -0.25) is 9.59 Å². The van der Waals surface area contributed by atoms with Crippen molar-refractivity contribution in [1.82, 2.24) is 4.90 Å². The Morgan fingerprint density at radius 2 is 2.00 bits per heavy atom. The van der Waals surface area contributed by atoms with E-state index >= 15 is 0 Å². The zero-order valence-electron chi connectivity index (χ0n) is 11.4. The molecule has 4 nitrogen and oxygen atoms in total. The molecule has 0 fully saturated rings. The first-order valence-corrected chi connectivity index (χ1v) is 6.31. The summed E-state index contributed by atoms with van der Waals surface area (Å²) in [6.45, 7) is 3.62. The summed E-state index contributed by atoms with van der Waals surface area (Å²) in [6.07, 6.45) is -0.480. The zero-order valence-corrected chi connectivity index (χ0v) is 11.4. The van der Waals surface area contributed by atoms with E-state index in [9.17, 15) is 18.4 Å². The molecule has 0 heterocycles. The highest BCUT2D eigenvalue weighted by molar-refractivity contribution is 5.80. The molecule has 0 aliphatic rings. The van der Waals surface area contributed by atoms with Crippen LogP contribution in [0, 0.1) is 11.6 Å². The van der Waals surface area contributed by atoms with E-state index in [2.05, 4.69) is 0 Å². The van der Waals surface area contributed by atoms with Crippen LogP contribution in [0.5, 0.6) is 0 Å². The lowest BCUT2D eigenvalue weighted by atomic mass is 10.1. The van der Waals surface area contributed by atoms with E-state index in [0.717, 1.165) is 6.07 Å². The van der Waals surface area contributed by atoms with E-state index in [1.165, 1.54) is 17.0 Å². The molecule has 0 radical (unpaired) electrons. The topological polar surface area (TPSA) is 57.6 Å². The Morgan fingerprint density at radius 1 is 1.35 bits per heavy atom. The van der Waals surface area contributed by atoms with Gasteiger partial charge in [0, 0.05) is 18.2 Å². The third-order valence-electron chi connectivity index (χ3n) is 3.04. The minimum Gasteiger partial charge on any atom is -0.481 e. The molecule has 0 saturated carbocycles. The molecule has 0 saturated heterocycles.